The minimum atomic E-state index is 0.111. The maximum Gasteiger partial charge on any atom is 0.123 e. The number of nitrogens with one attached hydrogen (secondary N) is 1. The number of pyridine rings is 1. The van der Waals surface area contributed by atoms with Crippen LogP contribution in [-0.4, -0.2) is 34.1 Å². The Labute approximate surface area is 164 Å². The zero-order chi connectivity index (χ0) is 19.5. The molecule has 0 bridgehead atoms. The van der Waals surface area contributed by atoms with Crippen molar-refractivity contribution in [2.24, 2.45) is 0 Å². The van der Waals surface area contributed by atoms with Gasteiger partial charge in [-0.2, -0.15) is 0 Å². The van der Waals surface area contributed by atoms with E-state index < -0.39 is 0 Å². The molecule has 0 saturated carbocycles. The number of aromatic nitrogens is 1. The number of piperidine rings is 1. The fraction of sp³-hybridized carbons (Fsp3) is 0.522. The largest absolute Gasteiger partial charge is 0.496 e. The van der Waals surface area contributed by atoms with Crippen LogP contribution in [0.5, 0.6) is 5.75 Å². The van der Waals surface area contributed by atoms with E-state index in [0.29, 0.717) is 6.04 Å². The smallest absolute Gasteiger partial charge is 0.123 e. The van der Waals surface area contributed by atoms with Crippen LogP contribution in [0.25, 0.3) is 0 Å². The summed E-state index contributed by atoms with van der Waals surface area (Å²) in [5.41, 5.74) is 2.71. The van der Waals surface area contributed by atoms with E-state index in [9.17, 15) is 0 Å². The lowest BCUT2D eigenvalue weighted by Crippen LogP contribution is -2.62. The summed E-state index contributed by atoms with van der Waals surface area (Å²) in [6.45, 7) is 11.0. The second-order valence-electron chi connectivity index (χ2n) is 9.03. The molecule has 1 aliphatic heterocycles. The molecule has 1 N–H and O–H groups in total. The summed E-state index contributed by atoms with van der Waals surface area (Å²) in [6.07, 6.45) is 6.05. The van der Waals surface area contributed by atoms with Gasteiger partial charge in [0.1, 0.15) is 5.75 Å². The first-order valence-electron chi connectivity index (χ1n) is 9.82. The molecule has 1 fully saturated rings. The zero-order valence-corrected chi connectivity index (χ0v) is 17.3. The van der Waals surface area contributed by atoms with Crippen molar-refractivity contribution in [2.75, 3.05) is 7.11 Å². The highest BCUT2D eigenvalue weighted by atomic mass is 16.5. The number of benzene rings is 1. The number of hydrogen-bond donors (Lipinski definition) is 1. The van der Waals surface area contributed by atoms with Crippen molar-refractivity contribution in [3.63, 3.8) is 0 Å². The van der Waals surface area contributed by atoms with E-state index in [1.54, 1.807) is 7.11 Å². The molecule has 0 aliphatic carbocycles. The number of para-hydroxylation sites is 1. The predicted octanol–water partition coefficient (Wildman–Crippen LogP) is 4.40. The molecule has 27 heavy (non-hydrogen) atoms. The highest BCUT2D eigenvalue weighted by molar-refractivity contribution is 5.33. The van der Waals surface area contributed by atoms with E-state index >= 15 is 0 Å². The van der Waals surface area contributed by atoms with Crippen LogP contribution in [0, 0.1) is 0 Å². The average molecular weight is 368 g/mol. The van der Waals surface area contributed by atoms with Crippen LogP contribution in [0.15, 0.2) is 48.8 Å². The van der Waals surface area contributed by atoms with Gasteiger partial charge >= 0.3 is 0 Å². The number of hydrogen-bond acceptors (Lipinski definition) is 4. The number of rotatable bonds is 6. The Bertz CT molecular complexity index is 726. The molecule has 3 rings (SSSR count). The molecular weight excluding hydrogens is 334 g/mol. The summed E-state index contributed by atoms with van der Waals surface area (Å²) in [4.78, 5) is 6.91. The van der Waals surface area contributed by atoms with Gasteiger partial charge in [-0.3, -0.25) is 9.88 Å². The molecule has 1 aromatic heterocycles. The first-order valence-corrected chi connectivity index (χ1v) is 9.82. The standard InChI is InChI=1S/C23H33N3O/c1-22(2)13-20(14-23(3,4)25-22)26(16-18-9-8-12-24-15-18)17-19-10-6-7-11-21(19)27-5/h6-12,15,20,25H,13-14,16-17H2,1-5H3. The van der Waals surface area contributed by atoms with Gasteiger partial charge in [0, 0.05) is 48.2 Å². The summed E-state index contributed by atoms with van der Waals surface area (Å²) < 4.78 is 5.61. The van der Waals surface area contributed by atoms with Crippen LogP contribution in [0.3, 0.4) is 0 Å². The molecule has 1 aliphatic rings. The monoisotopic (exact) mass is 367 g/mol. The second-order valence-corrected chi connectivity index (χ2v) is 9.03. The van der Waals surface area contributed by atoms with E-state index in [-0.39, 0.29) is 11.1 Å². The molecule has 0 amide bonds. The van der Waals surface area contributed by atoms with Crippen LogP contribution < -0.4 is 10.1 Å². The Kier molecular flexibility index (Phi) is 5.87. The number of methoxy groups -OCH3 is 1. The lowest BCUT2D eigenvalue weighted by Gasteiger charge is -2.49. The highest BCUT2D eigenvalue weighted by Crippen LogP contribution is 2.34. The Morgan fingerprint density at radius 3 is 2.37 bits per heavy atom. The molecule has 4 nitrogen and oxygen atoms in total. The van der Waals surface area contributed by atoms with Gasteiger partial charge in [0.05, 0.1) is 7.11 Å². The normalized spacial score (nSPS) is 19.2. The zero-order valence-electron chi connectivity index (χ0n) is 17.3. The molecule has 1 saturated heterocycles. The Morgan fingerprint density at radius 1 is 1.04 bits per heavy atom. The van der Waals surface area contributed by atoms with Crippen molar-refractivity contribution in [3.8, 4) is 5.75 Å². The van der Waals surface area contributed by atoms with E-state index in [1.807, 2.05) is 30.6 Å². The topological polar surface area (TPSA) is 37.4 Å². The Balaban J connectivity index is 1.89. The van der Waals surface area contributed by atoms with E-state index in [0.717, 1.165) is 31.7 Å². The van der Waals surface area contributed by atoms with Crippen LogP contribution in [-0.2, 0) is 13.1 Å². The van der Waals surface area contributed by atoms with Gasteiger partial charge in [-0.1, -0.05) is 24.3 Å². The van der Waals surface area contributed by atoms with Crippen LogP contribution in [0.4, 0.5) is 0 Å². The average Bonchev–Trinajstić information content (AvgIpc) is 2.60. The van der Waals surface area contributed by atoms with Crippen molar-refractivity contribution >= 4 is 0 Å². The van der Waals surface area contributed by atoms with Gasteiger partial charge in [-0.15, -0.1) is 0 Å². The minimum absolute atomic E-state index is 0.111. The molecular formula is C23H33N3O. The van der Waals surface area contributed by atoms with Crippen LogP contribution in [0.2, 0.25) is 0 Å². The maximum absolute atomic E-state index is 5.61. The molecule has 4 heteroatoms. The van der Waals surface area contributed by atoms with Crippen molar-refractivity contribution < 1.29 is 4.74 Å². The number of ether oxygens (including phenoxy) is 1. The van der Waals surface area contributed by atoms with Crippen molar-refractivity contribution in [3.05, 3.63) is 59.9 Å². The molecule has 146 valence electrons. The van der Waals surface area contributed by atoms with Gasteiger partial charge in [-0.25, -0.2) is 0 Å². The van der Waals surface area contributed by atoms with Crippen LogP contribution in [0.1, 0.15) is 51.7 Å². The molecule has 1 aromatic carbocycles. The molecule has 0 radical (unpaired) electrons. The third-order valence-electron chi connectivity index (χ3n) is 5.36. The highest BCUT2D eigenvalue weighted by Gasteiger charge is 2.40. The predicted molar refractivity (Wildman–Crippen MR) is 111 cm³/mol. The van der Waals surface area contributed by atoms with Gasteiger partial charge in [0.15, 0.2) is 0 Å². The SMILES string of the molecule is COc1ccccc1CN(Cc1cccnc1)C1CC(C)(C)NC(C)(C)C1. The van der Waals surface area contributed by atoms with Gasteiger partial charge in [0.25, 0.3) is 0 Å². The van der Waals surface area contributed by atoms with Gasteiger partial charge < -0.3 is 10.1 Å². The first kappa shape index (κ1) is 19.8. The lowest BCUT2D eigenvalue weighted by molar-refractivity contribution is 0.0559. The summed E-state index contributed by atoms with van der Waals surface area (Å²) >= 11 is 0. The fourth-order valence-corrected chi connectivity index (χ4v) is 4.62. The lowest BCUT2D eigenvalue weighted by atomic mass is 9.78. The maximum atomic E-state index is 5.61. The molecule has 0 unspecified atom stereocenters. The molecule has 2 aromatic rings. The third-order valence-corrected chi connectivity index (χ3v) is 5.36. The Hall–Kier alpha value is -1.91. The molecule has 0 spiro atoms. The van der Waals surface area contributed by atoms with Crippen molar-refractivity contribution in [1.29, 1.82) is 0 Å². The van der Waals surface area contributed by atoms with Crippen LogP contribution >= 0.6 is 0 Å². The summed E-state index contributed by atoms with van der Waals surface area (Å²) in [6, 6.07) is 13.0. The van der Waals surface area contributed by atoms with E-state index in [1.165, 1.54) is 11.1 Å². The second kappa shape index (κ2) is 7.99. The number of nitrogens with zero attached hydrogens (tertiary/aromatic N) is 2. The Morgan fingerprint density at radius 2 is 1.74 bits per heavy atom. The fourth-order valence-electron chi connectivity index (χ4n) is 4.62. The van der Waals surface area contributed by atoms with Crippen molar-refractivity contribution in [2.45, 2.75) is 70.7 Å². The van der Waals surface area contributed by atoms with E-state index in [4.69, 9.17) is 4.74 Å². The summed E-state index contributed by atoms with van der Waals surface area (Å²) in [5, 5.41) is 3.80. The summed E-state index contributed by atoms with van der Waals surface area (Å²) in [7, 11) is 1.75. The van der Waals surface area contributed by atoms with E-state index in [2.05, 4.69) is 61.1 Å². The van der Waals surface area contributed by atoms with Crippen molar-refractivity contribution in [1.82, 2.24) is 15.2 Å². The summed E-state index contributed by atoms with van der Waals surface area (Å²) in [5.74, 6) is 0.959. The molecule has 2 heterocycles. The quantitative estimate of drug-likeness (QED) is 0.821. The van der Waals surface area contributed by atoms with Gasteiger partial charge in [0.2, 0.25) is 0 Å². The van der Waals surface area contributed by atoms with Gasteiger partial charge in [-0.05, 0) is 58.2 Å². The first-order chi connectivity index (χ1) is 12.8. The minimum Gasteiger partial charge on any atom is -0.496 e. The molecule has 0 atom stereocenters. The third kappa shape index (κ3) is 5.30.